The summed E-state index contributed by atoms with van der Waals surface area (Å²) in [6.07, 6.45) is 1.70. The van der Waals surface area contributed by atoms with Gasteiger partial charge in [0.25, 0.3) is 10.0 Å². The van der Waals surface area contributed by atoms with E-state index in [1.165, 1.54) is 37.3 Å². The molecule has 10 nitrogen and oxygen atoms in total. The standard InChI is InChI=1S/C32H40BrN3O7S/c1-6-8-18-34-32(38)23(3)35(21-24-10-9-11-25(33)19-24)31(37)22-36(26-12-14-27(15-13-26)43-7-2)44(39,40)28-16-17-29(41-4)30(20-28)42-5/h9-17,19-20,23H,6-8,18,21-22H2,1-5H3,(H,34,38)/t23-/m0/s1. The molecule has 0 saturated heterocycles. The van der Waals surface area contributed by atoms with Gasteiger partial charge in [-0.25, -0.2) is 8.42 Å². The number of nitrogens with one attached hydrogen (secondary N) is 1. The Hall–Kier alpha value is -3.77. The molecule has 0 spiro atoms. The molecule has 3 rings (SSSR count). The molecule has 0 fully saturated rings. The lowest BCUT2D eigenvalue weighted by molar-refractivity contribution is -0.139. The maximum absolute atomic E-state index is 14.2. The highest BCUT2D eigenvalue weighted by Gasteiger charge is 2.33. The zero-order valence-corrected chi connectivity index (χ0v) is 28.1. The van der Waals surface area contributed by atoms with Crippen LogP contribution in [0.15, 0.2) is 76.1 Å². The molecule has 2 amide bonds. The number of hydrogen-bond donors (Lipinski definition) is 1. The van der Waals surface area contributed by atoms with Crippen molar-refractivity contribution in [3.63, 3.8) is 0 Å². The van der Waals surface area contributed by atoms with Gasteiger partial charge < -0.3 is 24.4 Å². The Labute approximate surface area is 268 Å². The molecule has 1 N–H and O–H groups in total. The van der Waals surface area contributed by atoms with Crippen molar-refractivity contribution >= 4 is 43.5 Å². The molecule has 0 saturated carbocycles. The third-order valence-electron chi connectivity index (χ3n) is 6.90. The SMILES string of the molecule is CCCCNC(=O)[C@H](C)N(Cc1cccc(Br)c1)C(=O)CN(c1ccc(OCC)cc1)S(=O)(=O)c1ccc(OC)c(OC)c1. The number of carbonyl (C=O) groups excluding carboxylic acids is 2. The molecular formula is C32H40BrN3O7S. The van der Waals surface area contributed by atoms with Gasteiger partial charge in [0.1, 0.15) is 18.3 Å². The maximum atomic E-state index is 14.2. The third-order valence-corrected chi connectivity index (χ3v) is 9.16. The van der Waals surface area contributed by atoms with E-state index in [0.29, 0.717) is 24.7 Å². The van der Waals surface area contributed by atoms with Crippen molar-refractivity contribution in [2.45, 2.75) is 51.1 Å². The molecule has 0 aliphatic carbocycles. The molecule has 12 heteroatoms. The molecule has 1 atom stereocenters. The van der Waals surface area contributed by atoms with Gasteiger partial charge in [0.2, 0.25) is 11.8 Å². The van der Waals surface area contributed by atoms with Crippen LogP contribution < -0.4 is 23.8 Å². The molecule has 0 unspecified atom stereocenters. The minimum Gasteiger partial charge on any atom is -0.494 e. The van der Waals surface area contributed by atoms with Crippen LogP contribution in [0.4, 0.5) is 5.69 Å². The predicted molar refractivity (Wildman–Crippen MR) is 174 cm³/mol. The normalized spacial score (nSPS) is 11.8. The number of ether oxygens (including phenoxy) is 3. The van der Waals surface area contributed by atoms with Crippen molar-refractivity contribution in [3.8, 4) is 17.2 Å². The first-order valence-electron chi connectivity index (χ1n) is 14.3. The van der Waals surface area contributed by atoms with Crippen molar-refractivity contribution in [2.75, 3.05) is 38.2 Å². The van der Waals surface area contributed by atoms with Gasteiger partial charge in [-0.3, -0.25) is 13.9 Å². The van der Waals surface area contributed by atoms with Crippen LogP contribution in [-0.4, -0.2) is 65.1 Å². The summed E-state index contributed by atoms with van der Waals surface area (Å²) in [7, 11) is -1.44. The van der Waals surface area contributed by atoms with E-state index in [2.05, 4.69) is 21.2 Å². The Bertz CT molecular complexity index is 1520. The molecule has 0 radical (unpaired) electrons. The van der Waals surface area contributed by atoms with Crippen molar-refractivity contribution in [1.82, 2.24) is 10.2 Å². The fourth-order valence-corrected chi connectivity index (χ4v) is 6.34. The largest absolute Gasteiger partial charge is 0.494 e. The van der Waals surface area contributed by atoms with Crippen LogP contribution in [0.3, 0.4) is 0 Å². The van der Waals surface area contributed by atoms with Gasteiger partial charge in [-0.05, 0) is 74.4 Å². The monoisotopic (exact) mass is 689 g/mol. The number of rotatable bonds is 16. The number of benzene rings is 3. The van der Waals surface area contributed by atoms with Crippen molar-refractivity contribution in [1.29, 1.82) is 0 Å². The van der Waals surface area contributed by atoms with Gasteiger partial charge in [0.15, 0.2) is 11.5 Å². The van der Waals surface area contributed by atoms with Crippen molar-refractivity contribution in [2.24, 2.45) is 0 Å². The fourth-order valence-electron chi connectivity index (χ4n) is 4.46. The number of halogens is 1. The minimum atomic E-state index is -4.31. The minimum absolute atomic E-state index is 0.0914. The van der Waals surface area contributed by atoms with E-state index < -0.39 is 28.5 Å². The quantitative estimate of drug-likeness (QED) is 0.201. The highest BCUT2D eigenvalue weighted by atomic mass is 79.9. The lowest BCUT2D eigenvalue weighted by Gasteiger charge is -2.32. The predicted octanol–water partition coefficient (Wildman–Crippen LogP) is 5.39. The fraction of sp³-hybridized carbons (Fsp3) is 0.375. The molecule has 0 aromatic heterocycles. The molecule has 44 heavy (non-hydrogen) atoms. The number of carbonyl (C=O) groups is 2. The number of anilines is 1. The van der Waals surface area contributed by atoms with E-state index in [9.17, 15) is 18.0 Å². The van der Waals surface area contributed by atoms with Gasteiger partial charge in [0, 0.05) is 23.6 Å². The van der Waals surface area contributed by atoms with Crippen LogP contribution in [0.1, 0.15) is 39.2 Å². The van der Waals surface area contributed by atoms with Crippen LogP contribution in [0.2, 0.25) is 0 Å². The summed E-state index contributed by atoms with van der Waals surface area (Å²) in [6, 6.07) is 17.2. The summed E-state index contributed by atoms with van der Waals surface area (Å²) in [5.74, 6) is 0.261. The van der Waals surface area contributed by atoms with Gasteiger partial charge in [-0.2, -0.15) is 0 Å². The topological polar surface area (TPSA) is 114 Å². The summed E-state index contributed by atoms with van der Waals surface area (Å²) < 4.78 is 46.4. The Morgan fingerprint density at radius 3 is 2.27 bits per heavy atom. The Morgan fingerprint density at radius 2 is 1.66 bits per heavy atom. The Kier molecular flexibility index (Phi) is 12.9. The Morgan fingerprint density at radius 1 is 0.955 bits per heavy atom. The second-order valence-corrected chi connectivity index (χ2v) is 12.7. The smallest absolute Gasteiger partial charge is 0.264 e. The second-order valence-electron chi connectivity index (χ2n) is 9.93. The van der Waals surface area contributed by atoms with Crippen LogP contribution in [-0.2, 0) is 26.2 Å². The first kappa shape index (κ1) is 34.7. The molecular weight excluding hydrogens is 650 g/mol. The lowest BCUT2D eigenvalue weighted by atomic mass is 10.1. The molecule has 0 aliphatic heterocycles. The number of nitrogens with zero attached hydrogens (tertiary/aromatic N) is 2. The Balaban J connectivity index is 2.06. The third kappa shape index (κ3) is 8.88. The molecule has 238 valence electrons. The van der Waals surface area contributed by atoms with E-state index in [4.69, 9.17) is 14.2 Å². The summed E-state index contributed by atoms with van der Waals surface area (Å²) in [5.41, 5.74) is 1.02. The second kappa shape index (κ2) is 16.3. The lowest BCUT2D eigenvalue weighted by Crippen LogP contribution is -2.51. The number of amides is 2. The van der Waals surface area contributed by atoms with E-state index in [0.717, 1.165) is 27.2 Å². The summed E-state index contributed by atoms with van der Waals surface area (Å²) >= 11 is 3.46. The highest BCUT2D eigenvalue weighted by molar-refractivity contribution is 9.10. The highest BCUT2D eigenvalue weighted by Crippen LogP contribution is 2.33. The average molecular weight is 691 g/mol. The molecule has 3 aromatic rings. The van der Waals surface area contributed by atoms with E-state index >= 15 is 0 Å². The van der Waals surface area contributed by atoms with E-state index in [1.54, 1.807) is 31.2 Å². The van der Waals surface area contributed by atoms with Gasteiger partial charge in [0.05, 0.1) is 31.4 Å². The van der Waals surface area contributed by atoms with Gasteiger partial charge in [-0.15, -0.1) is 0 Å². The maximum Gasteiger partial charge on any atom is 0.264 e. The van der Waals surface area contributed by atoms with Crippen molar-refractivity contribution in [3.05, 3.63) is 76.8 Å². The van der Waals surface area contributed by atoms with Gasteiger partial charge >= 0.3 is 0 Å². The summed E-state index contributed by atoms with van der Waals surface area (Å²) in [5, 5.41) is 2.89. The molecule has 0 heterocycles. The molecule has 3 aromatic carbocycles. The van der Waals surface area contributed by atoms with Crippen LogP contribution in [0.25, 0.3) is 0 Å². The van der Waals surface area contributed by atoms with Crippen LogP contribution in [0.5, 0.6) is 17.2 Å². The van der Waals surface area contributed by atoms with E-state index in [1.807, 2.05) is 38.1 Å². The summed E-state index contributed by atoms with van der Waals surface area (Å²) in [6.45, 7) is 5.95. The zero-order valence-electron chi connectivity index (χ0n) is 25.7. The van der Waals surface area contributed by atoms with Crippen LogP contribution >= 0.6 is 15.9 Å². The average Bonchev–Trinajstić information content (AvgIpc) is 3.02. The zero-order chi connectivity index (χ0) is 32.3. The van der Waals surface area contributed by atoms with E-state index in [-0.39, 0.29) is 28.8 Å². The first-order valence-corrected chi connectivity index (χ1v) is 16.6. The van der Waals surface area contributed by atoms with Crippen LogP contribution in [0, 0.1) is 0 Å². The number of sulfonamides is 1. The molecule has 0 bridgehead atoms. The van der Waals surface area contributed by atoms with Crippen molar-refractivity contribution < 1.29 is 32.2 Å². The number of unbranched alkanes of at least 4 members (excludes halogenated alkanes) is 1. The molecule has 0 aliphatic rings. The number of hydrogen-bond acceptors (Lipinski definition) is 7. The van der Waals surface area contributed by atoms with Gasteiger partial charge in [-0.1, -0.05) is 41.4 Å². The number of methoxy groups -OCH3 is 2. The first-order chi connectivity index (χ1) is 21.0. The summed E-state index contributed by atoms with van der Waals surface area (Å²) in [4.78, 5) is 28.6.